The number of aryl methyl sites for hydroxylation is 3. The molecule has 1 aliphatic heterocycles. The number of nitrogens with one attached hydrogen (secondary N) is 1. The predicted octanol–water partition coefficient (Wildman–Crippen LogP) is 2.59. The van der Waals surface area contributed by atoms with Crippen molar-refractivity contribution in [1.29, 1.82) is 0 Å². The average Bonchev–Trinajstić information content (AvgIpc) is 3.03. The van der Waals surface area contributed by atoms with Crippen LogP contribution in [0.5, 0.6) is 0 Å². The summed E-state index contributed by atoms with van der Waals surface area (Å²) in [6.45, 7) is 7.91. The first-order valence-corrected chi connectivity index (χ1v) is 8.36. The molecular weight excluding hydrogens is 296 g/mol. The van der Waals surface area contributed by atoms with E-state index in [0.717, 1.165) is 47.6 Å². The number of nitrogens with zero attached hydrogens (tertiary/aromatic N) is 5. The van der Waals surface area contributed by atoms with Crippen LogP contribution in [0.2, 0.25) is 0 Å². The van der Waals surface area contributed by atoms with Crippen LogP contribution in [-0.4, -0.2) is 38.2 Å². The van der Waals surface area contributed by atoms with Gasteiger partial charge in [0.05, 0.1) is 11.3 Å². The molecule has 0 amide bonds. The molecule has 3 aromatic heterocycles. The van der Waals surface area contributed by atoms with Gasteiger partial charge >= 0.3 is 0 Å². The van der Waals surface area contributed by atoms with Crippen LogP contribution in [0.25, 0.3) is 10.2 Å². The number of hydrogen-bond donors (Lipinski definition) is 1. The van der Waals surface area contributed by atoms with Gasteiger partial charge in [0.15, 0.2) is 5.82 Å². The van der Waals surface area contributed by atoms with E-state index in [1.165, 1.54) is 10.3 Å². The van der Waals surface area contributed by atoms with Crippen molar-refractivity contribution < 1.29 is 0 Å². The smallest absolute Gasteiger partial charge is 0.157 e. The molecule has 0 radical (unpaired) electrons. The van der Waals surface area contributed by atoms with Gasteiger partial charge in [0.25, 0.3) is 0 Å². The van der Waals surface area contributed by atoms with Gasteiger partial charge in [-0.2, -0.15) is 5.10 Å². The molecule has 1 saturated heterocycles. The summed E-state index contributed by atoms with van der Waals surface area (Å²) in [6.07, 6.45) is 1.04. The van der Waals surface area contributed by atoms with E-state index in [4.69, 9.17) is 0 Å². The van der Waals surface area contributed by atoms with Gasteiger partial charge in [0, 0.05) is 18.0 Å². The summed E-state index contributed by atoms with van der Waals surface area (Å²) in [5, 5.41) is 8.37. The molecule has 4 heterocycles. The van der Waals surface area contributed by atoms with Gasteiger partial charge < -0.3 is 4.90 Å². The van der Waals surface area contributed by atoms with Crippen molar-refractivity contribution in [3.8, 4) is 0 Å². The van der Waals surface area contributed by atoms with Crippen LogP contribution >= 0.6 is 11.3 Å². The topological polar surface area (TPSA) is 70.6 Å². The maximum absolute atomic E-state index is 4.68. The maximum Gasteiger partial charge on any atom is 0.157 e. The molecule has 114 valence electrons. The van der Waals surface area contributed by atoms with Crippen LogP contribution < -0.4 is 4.90 Å². The third-order valence-corrected chi connectivity index (χ3v) is 5.22. The van der Waals surface area contributed by atoms with Gasteiger partial charge in [0.2, 0.25) is 0 Å². The second-order valence-electron chi connectivity index (χ2n) is 5.76. The van der Waals surface area contributed by atoms with E-state index >= 15 is 0 Å². The number of H-pyrrole nitrogens is 1. The van der Waals surface area contributed by atoms with Gasteiger partial charge in [-0.3, -0.25) is 5.10 Å². The first-order valence-electron chi connectivity index (χ1n) is 7.55. The highest BCUT2D eigenvalue weighted by Gasteiger charge is 2.33. The summed E-state index contributed by atoms with van der Waals surface area (Å²) in [6, 6.07) is 2.24. The molecular formula is C15H18N6S. The second kappa shape index (κ2) is 5.01. The van der Waals surface area contributed by atoms with Crippen LogP contribution in [0, 0.1) is 13.8 Å². The molecule has 3 aromatic rings. The van der Waals surface area contributed by atoms with Gasteiger partial charge in [-0.05, 0) is 26.3 Å². The average molecular weight is 314 g/mol. The maximum atomic E-state index is 4.68. The zero-order chi connectivity index (χ0) is 15.3. The summed E-state index contributed by atoms with van der Waals surface area (Å²) in [4.78, 5) is 18.4. The molecule has 0 aliphatic carbocycles. The SMILES string of the molecule is CCc1cc2c(N3CC(c4n[nH]c(C)n4)C3)nc(C)nc2s1. The summed E-state index contributed by atoms with van der Waals surface area (Å²) in [5.41, 5.74) is 0. The summed E-state index contributed by atoms with van der Waals surface area (Å²) in [7, 11) is 0. The van der Waals surface area contributed by atoms with Gasteiger partial charge in [0.1, 0.15) is 22.3 Å². The number of anilines is 1. The zero-order valence-corrected chi connectivity index (χ0v) is 13.7. The van der Waals surface area contributed by atoms with Crippen LogP contribution in [0.1, 0.15) is 35.2 Å². The quantitative estimate of drug-likeness (QED) is 0.804. The number of aromatic nitrogens is 5. The van der Waals surface area contributed by atoms with Crippen LogP contribution in [0.4, 0.5) is 5.82 Å². The molecule has 0 bridgehead atoms. The highest BCUT2D eigenvalue weighted by atomic mass is 32.1. The number of thiophene rings is 1. The number of fused-ring (bicyclic) bond motifs is 1. The molecule has 4 rings (SSSR count). The third kappa shape index (κ3) is 2.16. The van der Waals surface area contributed by atoms with Gasteiger partial charge in [-0.1, -0.05) is 6.92 Å². The van der Waals surface area contributed by atoms with Crippen molar-refractivity contribution >= 4 is 27.4 Å². The van der Waals surface area contributed by atoms with Crippen molar-refractivity contribution in [2.45, 2.75) is 33.1 Å². The molecule has 0 aromatic carbocycles. The first-order chi connectivity index (χ1) is 10.6. The molecule has 6 nitrogen and oxygen atoms in total. The fourth-order valence-electron chi connectivity index (χ4n) is 2.83. The summed E-state index contributed by atoms with van der Waals surface area (Å²) in [5.74, 6) is 4.07. The molecule has 0 unspecified atom stereocenters. The lowest BCUT2D eigenvalue weighted by atomic mass is 9.99. The molecule has 0 atom stereocenters. The Labute approximate surface area is 132 Å². The second-order valence-corrected chi connectivity index (χ2v) is 6.88. The Balaban J connectivity index is 1.63. The number of hydrogen-bond acceptors (Lipinski definition) is 6. The van der Waals surface area contributed by atoms with Crippen molar-refractivity contribution in [3.63, 3.8) is 0 Å². The summed E-state index contributed by atoms with van der Waals surface area (Å²) >= 11 is 1.77. The van der Waals surface area contributed by atoms with Crippen molar-refractivity contribution in [1.82, 2.24) is 25.1 Å². The van der Waals surface area contributed by atoms with Crippen molar-refractivity contribution in [2.75, 3.05) is 18.0 Å². The molecule has 1 aliphatic rings. The minimum atomic E-state index is 0.388. The lowest BCUT2D eigenvalue weighted by Crippen LogP contribution is -2.46. The van der Waals surface area contributed by atoms with E-state index in [1.54, 1.807) is 11.3 Å². The van der Waals surface area contributed by atoms with Crippen molar-refractivity contribution in [2.24, 2.45) is 0 Å². The Bertz CT molecular complexity index is 830. The largest absolute Gasteiger partial charge is 0.354 e. The lowest BCUT2D eigenvalue weighted by molar-refractivity contribution is 0.498. The van der Waals surface area contributed by atoms with Gasteiger partial charge in [-0.25, -0.2) is 15.0 Å². The monoisotopic (exact) mass is 314 g/mol. The standard InChI is InChI=1S/C15H18N6S/c1-4-11-5-12-14(17-8(2)18-15(12)22-11)21-6-10(7-21)13-16-9(3)19-20-13/h5,10H,4,6-7H2,1-3H3,(H,16,19,20). The zero-order valence-electron chi connectivity index (χ0n) is 12.9. The Morgan fingerprint density at radius 1 is 1.27 bits per heavy atom. The molecule has 1 fully saturated rings. The summed E-state index contributed by atoms with van der Waals surface area (Å²) < 4.78 is 0. The van der Waals surface area contributed by atoms with Crippen LogP contribution in [0.3, 0.4) is 0 Å². The molecule has 0 spiro atoms. The van der Waals surface area contributed by atoms with Crippen LogP contribution in [-0.2, 0) is 6.42 Å². The number of rotatable bonds is 3. The highest BCUT2D eigenvalue weighted by molar-refractivity contribution is 7.18. The van der Waals surface area contributed by atoms with E-state index < -0.39 is 0 Å². The molecule has 7 heteroatoms. The van der Waals surface area contributed by atoms with Gasteiger partial charge in [-0.15, -0.1) is 11.3 Å². The Kier molecular flexibility index (Phi) is 3.11. The third-order valence-electron chi connectivity index (χ3n) is 4.04. The fourth-order valence-corrected chi connectivity index (χ4v) is 3.84. The highest BCUT2D eigenvalue weighted by Crippen LogP contribution is 2.36. The van der Waals surface area contributed by atoms with Crippen LogP contribution in [0.15, 0.2) is 6.07 Å². The molecule has 0 saturated carbocycles. The molecule has 1 N–H and O–H groups in total. The van der Waals surface area contributed by atoms with E-state index in [2.05, 4.69) is 43.0 Å². The Hall–Kier alpha value is -2.02. The first kappa shape index (κ1) is 13.6. The van der Waals surface area contributed by atoms with E-state index in [0.29, 0.717) is 5.92 Å². The van der Waals surface area contributed by atoms with E-state index in [-0.39, 0.29) is 0 Å². The number of aromatic amines is 1. The minimum absolute atomic E-state index is 0.388. The minimum Gasteiger partial charge on any atom is -0.354 e. The lowest BCUT2D eigenvalue weighted by Gasteiger charge is -2.38. The van der Waals surface area contributed by atoms with E-state index in [1.807, 2.05) is 13.8 Å². The Morgan fingerprint density at radius 2 is 2.09 bits per heavy atom. The molecule has 22 heavy (non-hydrogen) atoms. The van der Waals surface area contributed by atoms with E-state index in [9.17, 15) is 0 Å². The predicted molar refractivity (Wildman–Crippen MR) is 87.6 cm³/mol. The van der Waals surface area contributed by atoms with Crippen molar-refractivity contribution in [3.05, 3.63) is 28.4 Å². The Morgan fingerprint density at radius 3 is 2.77 bits per heavy atom. The fraction of sp³-hybridized carbons (Fsp3) is 0.467. The normalized spacial score (nSPS) is 15.5.